The van der Waals surface area contributed by atoms with Gasteiger partial charge in [-0.05, 0) is 6.92 Å². The van der Waals surface area contributed by atoms with Crippen molar-refractivity contribution in [2.24, 2.45) is 0 Å². The molecule has 0 fully saturated rings. The summed E-state index contributed by atoms with van der Waals surface area (Å²) < 4.78 is 4.40. The highest BCUT2D eigenvalue weighted by molar-refractivity contribution is 5.65. The first kappa shape index (κ1) is 18.3. The summed E-state index contributed by atoms with van der Waals surface area (Å²) in [6.07, 6.45) is 5.54. The van der Waals surface area contributed by atoms with E-state index in [0.717, 1.165) is 0 Å². The van der Waals surface area contributed by atoms with Gasteiger partial charge in [-0.2, -0.15) is 0 Å². The molecule has 0 bridgehead atoms. The van der Waals surface area contributed by atoms with Crippen LogP contribution in [0.3, 0.4) is 0 Å². The Balaban J connectivity index is -0.000000143. The van der Waals surface area contributed by atoms with Gasteiger partial charge in [0.2, 0.25) is 0 Å². The lowest BCUT2D eigenvalue weighted by molar-refractivity contribution is -0.140. The molecule has 0 aliphatic heterocycles. The van der Waals surface area contributed by atoms with Crippen LogP contribution in [-0.2, 0) is 9.53 Å². The second kappa shape index (κ2) is 17.5. The Bertz CT molecular complexity index is 86.1. The normalized spacial score (nSPS) is 7.69. The standard InChI is InChI=1S/C6H14.C4H8O2.CH3/c1-3-5-6-4-2;1-3-6-4(2)5;/h3-6H2,1-2H3;3H2,1-2H3;1H3. The molecule has 0 saturated carbocycles. The first-order valence-corrected chi connectivity index (χ1v) is 4.82. The molecule has 0 unspecified atom stereocenters. The number of unbranched alkanes of at least 4 members (excludes halogenated alkanes) is 3. The van der Waals surface area contributed by atoms with Crippen molar-refractivity contribution in [3.63, 3.8) is 0 Å². The molecular weight excluding hydrogens is 164 g/mol. The summed E-state index contributed by atoms with van der Waals surface area (Å²) in [5.41, 5.74) is 0. The van der Waals surface area contributed by atoms with E-state index in [1.54, 1.807) is 6.92 Å². The number of esters is 1. The number of ether oxygens (including phenoxy) is 1. The van der Waals surface area contributed by atoms with E-state index < -0.39 is 0 Å². The van der Waals surface area contributed by atoms with E-state index in [4.69, 9.17) is 0 Å². The lowest BCUT2D eigenvalue weighted by Crippen LogP contribution is -1.95. The van der Waals surface area contributed by atoms with Gasteiger partial charge in [-0.25, -0.2) is 0 Å². The Labute approximate surface area is 83.7 Å². The molecule has 0 heterocycles. The van der Waals surface area contributed by atoms with Crippen LogP contribution in [0.15, 0.2) is 0 Å². The van der Waals surface area contributed by atoms with Gasteiger partial charge < -0.3 is 4.74 Å². The zero-order valence-corrected chi connectivity index (χ0v) is 9.85. The highest BCUT2D eigenvalue weighted by Crippen LogP contribution is 1.95. The summed E-state index contributed by atoms with van der Waals surface area (Å²) in [4.78, 5) is 9.82. The fraction of sp³-hybridized carbons (Fsp3) is 0.818. The molecular formula is C11H25O2. The van der Waals surface area contributed by atoms with Crippen LogP contribution in [-0.4, -0.2) is 12.6 Å². The minimum absolute atomic E-state index is 0. The van der Waals surface area contributed by atoms with Gasteiger partial charge in [-0.15, -0.1) is 0 Å². The maximum Gasteiger partial charge on any atom is 0.302 e. The van der Waals surface area contributed by atoms with Crippen molar-refractivity contribution >= 4 is 5.97 Å². The van der Waals surface area contributed by atoms with Crippen LogP contribution >= 0.6 is 0 Å². The topological polar surface area (TPSA) is 26.3 Å². The molecule has 0 N–H and O–H groups in total. The lowest BCUT2D eigenvalue weighted by Gasteiger charge is -1.89. The quantitative estimate of drug-likeness (QED) is 0.499. The predicted octanol–water partition coefficient (Wildman–Crippen LogP) is 3.61. The van der Waals surface area contributed by atoms with E-state index in [9.17, 15) is 4.79 Å². The van der Waals surface area contributed by atoms with E-state index in [-0.39, 0.29) is 13.4 Å². The molecule has 0 rings (SSSR count). The third kappa shape index (κ3) is 34.4. The Morgan fingerprint density at radius 2 is 1.46 bits per heavy atom. The molecule has 0 atom stereocenters. The number of carbonyl (C=O) groups is 1. The second-order valence-corrected chi connectivity index (χ2v) is 2.63. The summed E-state index contributed by atoms with van der Waals surface area (Å²) in [6.45, 7) is 8.12. The van der Waals surface area contributed by atoms with Crippen molar-refractivity contribution in [3.05, 3.63) is 7.43 Å². The van der Waals surface area contributed by atoms with Gasteiger partial charge in [0, 0.05) is 6.92 Å². The molecule has 0 aromatic rings. The predicted molar refractivity (Wildman–Crippen MR) is 58.5 cm³/mol. The number of rotatable bonds is 4. The Morgan fingerprint density at radius 3 is 1.54 bits per heavy atom. The first-order chi connectivity index (χ1) is 5.68. The van der Waals surface area contributed by atoms with Crippen molar-refractivity contribution in [2.45, 2.75) is 53.4 Å². The van der Waals surface area contributed by atoms with E-state index in [1.807, 2.05) is 0 Å². The fourth-order valence-corrected chi connectivity index (χ4v) is 0.703. The average Bonchev–Trinajstić information content (AvgIpc) is 2.02. The Kier molecular flexibility index (Phi) is 24.7. The highest BCUT2D eigenvalue weighted by Gasteiger charge is 1.81. The molecule has 0 aromatic carbocycles. The molecule has 2 heteroatoms. The summed E-state index contributed by atoms with van der Waals surface area (Å²) in [5, 5.41) is 0. The average molecular weight is 189 g/mol. The zero-order valence-electron chi connectivity index (χ0n) is 9.85. The summed E-state index contributed by atoms with van der Waals surface area (Å²) in [6, 6.07) is 0. The van der Waals surface area contributed by atoms with Gasteiger partial charge in [0.15, 0.2) is 0 Å². The van der Waals surface area contributed by atoms with E-state index in [1.165, 1.54) is 32.6 Å². The molecule has 0 saturated heterocycles. The molecule has 1 radical (unpaired) electrons. The molecule has 0 aliphatic carbocycles. The van der Waals surface area contributed by atoms with E-state index >= 15 is 0 Å². The van der Waals surface area contributed by atoms with Crippen molar-refractivity contribution < 1.29 is 9.53 Å². The van der Waals surface area contributed by atoms with Gasteiger partial charge in [-0.1, -0.05) is 47.0 Å². The van der Waals surface area contributed by atoms with Crippen molar-refractivity contribution in [2.75, 3.05) is 6.61 Å². The van der Waals surface area contributed by atoms with Crippen LogP contribution in [0.4, 0.5) is 0 Å². The zero-order chi connectivity index (χ0) is 9.82. The maximum atomic E-state index is 9.82. The summed E-state index contributed by atoms with van der Waals surface area (Å²) in [5.74, 6) is -0.211. The van der Waals surface area contributed by atoms with E-state index in [2.05, 4.69) is 18.6 Å². The molecule has 0 aliphatic rings. The SMILES string of the molecule is CCCCCC.CCOC(C)=O.[CH3]. The Hall–Kier alpha value is -0.530. The minimum atomic E-state index is -0.211. The van der Waals surface area contributed by atoms with Crippen LogP contribution in [0.25, 0.3) is 0 Å². The largest absolute Gasteiger partial charge is 0.466 e. The van der Waals surface area contributed by atoms with Crippen LogP contribution in [0.5, 0.6) is 0 Å². The van der Waals surface area contributed by atoms with Gasteiger partial charge >= 0.3 is 5.97 Å². The Morgan fingerprint density at radius 1 is 1.08 bits per heavy atom. The van der Waals surface area contributed by atoms with Crippen LogP contribution in [0, 0.1) is 7.43 Å². The van der Waals surface area contributed by atoms with Crippen LogP contribution < -0.4 is 0 Å². The molecule has 81 valence electrons. The van der Waals surface area contributed by atoms with Crippen LogP contribution in [0.1, 0.15) is 53.4 Å². The molecule has 0 spiro atoms. The third-order valence-corrected chi connectivity index (χ3v) is 1.30. The van der Waals surface area contributed by atoms with Crippen molar-refractivity contribution in [3.8, 4) is 0 Å². The minimum Gasteiger partial charge on any atom is -0.466 e. The van der Waals surface area contributed by atoms with Crippen molar-refractivity contribution in [1.82, 2.24) is 0 Å². The summed E-state index contributed by atoms with van der Waals surface area (Å²) in [7, 11) is 0. The van der Waals surface area contributed by atoms with Gasteiger partial charge in [0.05, 0.1) is 6.61 Å². The second-order valence-electron chi connectivity index (χ2n) is 2.63. The smallest absolute Gasteiger partial charge is 0.302 e. The third-order valence-electron chi connectivity index (χ3n) is 1.30. The lowest BCUT2D eigenvalue weighted by atomic mass is 10.2. The number of carbonyl (C=O) groups excluding carboxylic acids is 1. The number of hydrogen-bond acceptors (Lipinski definition) is 2. The molecule has 0 amide bonds. The molecule has 13 heavy (non-hydrogen) atoms. The fourth-order valence-electron chi connectivity index (χ4n) is 0.703. The molecule has 0 aromatic heterocycles. The van der Waals surface area contributed by atoms with Crippen LogP contribution in [0.2, 0.25) is 0 Å². The number of hydrogen-bond donors (Lipinski definition) is 0. The molecule has 2 nitrogen and oxygen atoms in total. The monoisotopic (exact) mass is 189 g/mol. The highest BCUT2D eigenvalue weighted by atomic mass is 16.5. The van der Waals surface area contributed by atoms with Crippen molar-refractivity contribution in [1.29, 1.82) is 0 Å². The van der Waals surface area contributed by atoms with Gasteiger partial charge in [-0.3, -0.25) is 4.79 Å². The van der Waals surface area contributed by atoms with Gasteiger partial charge in [0.25, 0.3) is 0 Å². The first-order valence-electron chi connectivity index (χ1n) is 4.82. The van der Waals surface area contributed by atoms with Gasteiger partial charge in [0.1, 0.15) is 0 Å². The van der Waals surface area contributed by atoms with E-state index in [0.29, 0.717) is 6.61 Å². The summed E-state index contributed by atoms with van der Waals surface area (Å²) >= 11 is 0. The maximum absolute atomic E-state index is 9.82.